The van der Waals surface area contributed by atoms with Crippen molar-refractivity contribution in [2.75, 3.05) is 13.7 Å². The zero-order chi connectivity index (χ0) is 8.81. The van der Waals surface area contributed by atoms with Crippen LogP contribution >= 0.6 is 0 Å². The molecule has 70 valence electrons. The molecule has 1 rings (SSSR count). The van der Waals surface area contributed by atoms with Crippen LogP contribution in [-0.4, -0.2) is 25.8 Å². The van der Waals surface area contributed by atoms with Gasteiger partial charge in [-0.1, -0.05) is 19.3 Å². The Bertz CT molecular complexity index is 139. The number of carbonyl (C=O) groups excluding carboxylic acids is 1. The molecular weight excluding hydrogens is 156 g/mol. The monoisotopic (exact) mass is 172 g/mol. The number of methoxy groups -OCH3 is 1. The summed E-state index contributed by atoms with van der Waals surface area (Å²) in [4.78, 5) is 10.7. The van der Waals surface area contributed by atoms with Gasteiger partial charge in [0.15, 0.2) is 0 Å². The average molecular weight is 172 g/mol. The van der Waals surface area contributed by atoms with Crippen molar-refractivity contribution in [1.82, 2.24) is 0 Å². The van der Waals surface area contributed by atoms with Crippen molar-refractivity contribution in [3.8, 4) is 0 Å². The van der Waals surface area contributed by atoms with Crippen LogP contribution in [0.1, 0.15) is 32.1 Å². The fourth-order valence-electron chi connectivity index (χ4n) is 1.48. The van der Waals surface area contributed by atoms with Gasteiger partial charge >= 0.3 is 5.97 Å². The van der Waals surface area contributed by atoms with E-state index in [4.69, 9.17) is 4.74 Å². The first-order valence-corrected chi connectivity index (χ1v) is 4.51. The molecule has 0 aliphatic heterocycles. The average Bonchev–Trinajstić information content (AvgIpc) is 2.16. The summed E-state index contributed by atoms with van der Waals surface area (Å²) in [5, 5.41) is 0. The number of esters is 1. The smallest absolute Gasteiger partial charge is 0.331 e. The van der Waals surface area contributed by atoms with Crippen LogP contribution in [0.4, 0.5) is 0 Å². The zero-order valence-corrected chi connectivity index (χ0v) is 7.54. The van der Waals surface area contributed by atoms with E-state index in [1.165, 1.54) is 26.4 Å². The predicted octanol–water partition coefficient (Wildman–Crippen LogP) is 1.51. The van der Waals surface area contributed by atoms with Gasteiger partial charge in [-0.25, -0.2) is 4.79 Å². The second kappa shape index (κ2) is 5.14. The minimum Gasteiger partial charge on any atom is -0.467 e. The van der Waals surface area contributed by atoms with Crippen molar-refractivity contribution in [2.24, 2.45) is 0 Å². The Hall–Kier alpha value is -0.570. The summed E-state index contributed by atoms with van der Waals surface area (Å²) < 4.78 is 9.84. The molecule has 0 unspecified atom stereocenters. The Morgan fingerprint density at radius 2 is 2.00 bits per heavy atom. The van der Waals surface area contributed by atoms with E-state index >= 15 is 0 Å². The second-order valence-corrected chi connectivity index (χ2v) is 3.15. The van der Waals surface area contributed by atoms with Crippen molar-refractivity contribution >= 4 is 5.97 Å². The summed E-state index contributed by atoms with van der Waals surface area (Å²) in [6, 6.07) is 0. The first kappa shape index (κ1) is 9.52. The van der Waals surface area contributed by atoms with E-state index in [1.54, 1.807) is 0 Å². The van der Waals surface area contributed by atoms with E-state index < -0.39 is 0 Å². The number of hydrogen-bond acceptors (Lipinski definition) is 3. The molecule has 1 aliphatic rings. The van der Waals surface area contributed by atoms with Crippen LogP contribution in [0.15, 0.2) is 0 Å². The van der Waals surface area contributed by atoms with Gasteiger partial charge in [0.2, 0.25) is 0 Å². The molecule has 0 amide bonds. The summed E-state index contributed by atoms with van der Waals surface area (Å²) in [5.41, 5.74) is 0. The standard InChI is InChI=1S/C9H16O3/c1-11-9(10)7-12-8-5-3-2-4-6-8/h8H,2-7H2,1H3. The van der Waals surface area contributed by atoms with Crippen LogP contribution in [0.5, 0.6) is 0 Å². The van der Waals surface area contributed by atoms with Crippen LogP contribution in [0.3, 0.4) is 0 Å². The van der Waals surface area contributed by atoms with Crippen LogP contribution in [0, 0.1) is 0 Å². The minimum atomic E-state index is -0.277. The van der Waals surface area contributed by atoms with E-state index in [9.17, 15) is 4.79 Å². The van der Waals surface area contributed by atoms with Gasteiger partial charge in [0, 0.05) is 0 Å². The third-order valence-corrected chi connectivity index (χ3v) is 2.22. The molecule has 0 radical (unpaired) electrons. The maximum atomic E-state index is 10.7. The van der Waals surface area contributed by atoms with Gasteiger partial charge in [-0.3, -0.25) is 0 Å². The highest BCUT2D eigenvalue weighted by Gasteiger charge is 2.14. The lowest BCUT2D eigenvalue weighted by Gasteiger charge is -2.21. The Kier molecular flexibility index (Phi) is 4.08. The lowest BCUT2D eigenvalue weighted by Crippen LogP contribution is -2.21. The number of hydrogen-bond donors (Lipinski definition) is 0. The number of rotatable bonds is 3. The summed E-state index contributed by atoms with van der Waals surface area (Å²) in [5.74, 6) is -0.277. The van der Waals surface area contributed by atoms with Crippen molar-refractivity contribution in [1.29, 1.82) is 0 Å². The van der Waals surface area contributed by atoms with E-state index in [2.05, 4.69) is 4.74 Å². The Morgan fingerprint density at radius 1 is 1.33 bits per heavy atom. The third kappa shape index (κ3) is 3.22. The molecule has 0 spiro atoms. The second-order valence-electron chi connectivity index (χ2n) is 3.15. The molecule has 3 heteroatoms. The SMILES string of the molecule is COC(=O)COC1CCCCC1. The topological polar surface area (TPSA) is 35.5 Å². The first-order valence-electron chi connectivity index (χ1n) is 4.51. The molecule has 1 aliphatic carbocycles. The van der Waals surface area contributed by atoms with E-state index in [-0.39, 0.29) is 18.7 Å². The molecule has 0 atom stereocenters. The van der Waals surface area contributed by atoms with Gasteiger partial charge in [0.05, 0.1) is 13.2 Å². The van der Waals surface area contributed by atoms with Crippen LogP contribution < -0.4 is 0 Å². The third-order valence-electron chi connectivity index (χ3n) is 2.22. The van der Waals surface area contributed by atoms with Gasteiger partial charge in [0.25, 0.3) is 0 Å². The molecule has 12 heavy (non-hydrogen) atoms. The highest BCUT2D eigenvalue weighted by Crippen LogP contribution is 2.19. The van der Waals surface area contributed by atoms with Crippen LogP contribution in [0.25, 0.3) is 0 Å². The van der Waals surface area contributed by atoms with Gasteiger partial charge in [0.1, 0.15) is 6.61 Å². The lowest BCUT2D eigenvalue weighted by molar-refractivity contribution is -0.148. The van der Waals surface area contributed by atoms with E-state index in [1.807, 2.05) is 0 Å². The maximum Gasteiger partial charge on any atom is 0.331 e. The largest absolute Gasteiger partial charge is 0.467 e. The lowest BCUT2D eigenvalue weighted by atomic mass is 9.98. The highest BCUT2D eigenvalue weighted by molar-refractivity contribution is 5.70. The molecule has 1 saturated carbocycles. The summed E-state index contributed by atoms with van der Waals surface area (Å²) in [6.07, 6.45) is 6.24. The van der Waals surface area contributed by atoms with Crippen LogP contribution in [0.2, 0.25) is 0 Å². The maximum absolute atomic E-state index is 10.7. The molecule has 0 N–H and O–H groups in total. The Labute approximate surface area is 73.0 Å². The van der Waals surface area contributed by atoms with Gasteiger partial charge in [-0.2, -0.15) is 0 Å². The van der Waals surface area contributed by atoms with Crippen molar-refractivity contribution in [3.63, 3.8) is 0 Å². The molecule has 3 nitrogen and oxygen atoms in total. The zero-order valence-electron chi connectivity index (χ0n) is 7.54. The fourth-order valence-corrected chi connectivity index (χ4v) is 1.48. The predicted molar refractivity (Wildman–Crippen MR) is 44.8 cm³/mol. The molecule has 0 saturated heterocycles. The first-order chi connectivity index (χ1) is 5.83. The molecule has 0 bridgehead atoms. The molecule has 0 heterocycles. The highest BCUT2D eigenvalue weighted by atomic mass is 16.6. The van der Waals surface area contributed by atoms with Crippen molar-refractivity contribution < 1.29 is 14.3 Å². The molecule has 0 aromatic heterocycles. The molecule has 1 fully saturated rings. The van der Waals surface area contributed by atoms with Gasteiger partial charge in [-0.05, 0) is 12.8 Å². The normalized spacial score (nSPS) is 19.1. The van der Waals surface area contributed by atoms with Crippen molar-refractivity contribution in [3.05, 3.63) is 0 Å². The van der Waals surface area contributed by atoms with E-state index in [0.29, 0.717) is 0 Å². The summed E-state index contributed by atoms with van der Waals surface area (Å²) >= 11 is 0. The fraction of sp³-hybridized carbons (Fsp3) is 0.889. The molecule has 0 aromatic carbocycles. The van der Waals surface area contributed by atoms with Crippen molar-refractivity contribution in [2.45, 2.75) is 38.2 Å². The Morgan fingerprint density at radius 3 is 2.58 bits per heavy atom. The number of ether oxygens (including phenoxy) is 2. The number of carbonyl (C=O) groups is 1. The molecular formula is C9H16O3. The Balaban J connectivity index is 2.09. The summed E-state index contributed by atoms with van der Waals surface area (Å²) in [6.45, 7) is 0.112. The van der Waals surface area contributed by atoms with Gasteiger partial charge in [-0.15, -0.1) is 0 Å². The minimum absolute atomic E-state index is 0.112. The van der Waals surface area contributed by atoms with E-state index in [0.717, 1.165) is 12.8 Å². The quantitative estimate of drug-likeness (QED) is 0.605. The summed E-state index contributed by atoms with van der Waals surface area (Å²) in [7, 11) is 1.38. The molecule has 0 aromatic rings. The van der Waals surface area contributed by atoms with Crippen LogP contribution in [-0.2, 0) is 14.3 Å². The van der Waals surface area contributed by atoms with Gasteiger partial charge < -0.3 is 9.47 Å².